The Bertz CT molecular complexity index is 1370. The molecule has 9 nitrogen and oxygen atoms in total. The van der Waals surface area contributed by atoms with Gasteiger partial charge < -0.3 is 24.5 Å². The van der Waals surface area contributed by atoms with Crippen molar-refractivity contribution in [2.24, 2.45) is 0 Å². The van der Waals surface area contributed by atoms with Gasteiger partial charge in [-0.3, -0.25) is 4.79 Å². The Morgan fingerprint density at radius 1 is 1.17 bits per heavy atom. The number of piperazine rings is 1. The molecule has 2 atom stereocenters. The number of hydrogen-bond acceptors (Lipinski definition) is 8. The van der Waals surface area contributed by atoms with Crippen LogP contribution in [0.5, 0.6) is 0 Å². The number of hydrogen-bond donors (Lipinski definition) is 0. The quantitative estimate of drug-likeness (QED) is 0.486. The minimum absolute atomic E-state index is 0.117. The second kappa shape index (κ2) is 11.5. The Morgan fingerprint density at radius 2 is 2.00 bits per heavy atom. The lowest BCUT2D eigenvalue weighted by Gasteiger charge is -2.45. The topological polar surface area (TPSA) is 82.8 Å². The Morgan fingerprint density at radius 3 is 2.76 bits per heavy atom. The summed E-state index contributed by atoms with van der Waals surface area (Å²) in [6, 6.07) is 9.18. The third kappa shape index (κ3) is 5.24. The van der Waals surface area contributed by atoms with Gasteiger partial charge >= 0.3 is 0 Å². The van der Waals surface area contributed by atoms with E-state index >= 15 is 0 Å². The molecule has 1 amide bonds. The maximum atomic E-state index is 12.5. The number of rotatable bonds is 6. The number of aromatic nitrogens is 2. The molecule has 3 aliphatic heterocycles. The van der Waals surface area contributed by atoms with E-state index in [-0.39, 0.29) is 18.4 Å². The average molecular weight is 575 g/mol. The number of likely N-dealkylation sites (N-methyl/N-ethyl adjacent to an activating group) is 1. The van der Waals surface area contributed by atoms with Crippen LogP contribution in [0.25, 0.3) is 0 Å². The minimum Gasteiger partial charge on any atom is -0.367 e. The molecule has 1 aromatic heterocycles. The first-order chi connectivity index (χ1) is 19.9. The number of carbonyl (C=O) groups is 1. The van der Waals surface area contributed by atoms with Gasteiger partial charge in [-0.15, -0.1) is 0 Å². The van der Waals surface area contributed by atoms with Crippen LogP contribution < -0.4 is 14.7 Å². The van der Waals surface area contributed by atoms with Crippen molar-refractivity contribution in [2.75, 3.05) is 68.1 Å². The number of anilines is 3. The molecule has 2 saturated heterocycles. The zero-order valence-electron chi connectivity index (χ0n) is 24.1. The second-order valence-electron chi connectivity index (χ2n) is 11.9. The Labute approximate surface area is 248 Å². The molecule has 0 bridgehead atoms. The van der Waals surface area contributed by atoms with E-state index < -0.39 is 0 Å². The SMILES string of the molecule is C=CC(=O)N1CCN(c2nc(N3CC(N(C)C)C3)nc3c2CCC(N2CCCc4cccc(Cl)c42)C3)CC1CC#N. The van der Waals surface area contributed by atoms with Gasteiger partial charge in [-0.2, -0.15) is 10.2 Å². The minimum atomic E-state index is -0.196. The van der Waals surface area contributed by atoms with Crippen molar-refractivity contribution in [1.29, 1.82) is 5.26 Å². The number of fused-ring (bicyclic) bond motifs is 2. The summed E-state index contributed by atoms with van der Waals surface area (Å²) in [7, 11) is 4.24. The van der Waals surface area contributed by atoms with Crippen LogP contribution in [0.3, 0.4) is 0 Å². The molecule has 216 valence electrons. The van der Waals surface area contributed by atoms with Crippen molar-refractivity contribution in [3.63, 3.8) is 0 Å². The first-order valence-corrected chi connectivity index (χ1v) is 15.2. The van der Waals surface area contributed by atoms with Crippen LogP contribution in [0.4, 0.5) is 17.5 Å². The molecule has 6 rings (SSSR count). The lowest BCUT2D eigenvalue weighted by molar-refractivity contribution is -0.128. The van der Waals surface area contributed by atoms with Crippen molar-refractivity contribution in [3.8, 4) is 6.07 Å². The van der Waals surface area contributed by atoms with E-state index in [2.05, 4.69) is 58.5 Å². The maximum Gasteiger partial charge on any atom is 0.246 e. The van der Waals surface area contributed by atoms with Crippen LogP contribution in [0, 0.1) is 11.3 Å². The molecule has 0 spiro atoms. The van der Waals surface area contributed by atoms with E-state index in [1.54, 1.807) is 4.90 Å². The summed E-state index contributed by atoms with van der Waals surface area (Å²) >= 11 is 6.76. The van der Waals surface area contributed by atoms with E-state index in [4.69, 9.17) is 21.6 Å². The number of amides is 1. The molecule has 0 N–H and O–H groups in total. The third-order valence-corrected chi connectivity index (χ3v) is 9.61. The van der Waals surface area contributed by atoms with Crippen molar-refractivity contribution in [1.82, 2.24) is 19.8 Å². The zero-order chi connectivity index (χ0) is 28.7. The number of halogens is 1. The van der Waals surface area contributed by atoms with Gasteiger partial charge in [0, 0.05) is 63.3 Å². The van der Waals surface area contributed by atoms with Gasteiger partial charge in [0.05, 0.1) is 34.9 Å². The molecule has 0 saturated carbocycles. The van der Waals surface area contributed by atoms with Crippen LogP contribution in [-0.2, 0) is 24.1 Å². The number of benzene rings is 1. The standard InChI is InChI=1S/C31H39ClN8O/c1-4-28(41)39-16-15-37(18-23(39)12-13-33)30-25-11-10-22(40-14-6-8-21-7-5-9-26(32)29(21)40)17-27(25)34-31(35-30)38-19-24(20-38)36(2)3/h4-5,7,9,22-24H,1,6,8,10-12,14-20H2,2-3H3. The van der Waals surface area contributed by atoms with E-state index in [1.165, 1.54) is 22.9 Å². The number of aryl methyl sites for hydroxylation is 1. The summed E-state index contributed by atoms with van der Waals surface area (Å²) in [5.74, 6) is 1.65. The molecule has 4 heterocycles. The molecule has 2 fully saturated rings. The first kappa shape index (κ1) is 27.8. The van der Waals surface area contributed by atoms with Gasteiger partial charge in [0.15, 0.2) is 0 Å². The summed E-state index contributed by atoms with van der Waals surface area (Å²) in [5.41, 5.74) is 4.87. The summed E-state index contributed by atoms with van der Waals surface area (Å²) in [6.45, 7) is 8.28. The van der Waals surface area contributed by atoms with Gasteiger partial charge in [0.1, 0.15) is 5.82 Å². The van der Waals surface area contributed by atoms with Gasteiger partial charge in [-0.05, 0) is 57.5 Å². The van der Waals surface area contributed by atoms with Crippen molar-refractivity contribution >= 4 is 35.0 Å². The maximum absolute atomic E-state index is 12.5. The number of para-hydroxylation sites is 1. The Balaban J connectivity index is 1.33. The van der Waals surface area contributed by atoms with Crippen molar-refractivity contribution < 1.29 is 4.79 Å². The normalized spacial score (nSPS) is 22.6. The van der Waals surface area contributed by atoms with Gasteiger partial charge in [0.2, 0.25) is 11.9 Å². The highest BCUT2D eigenvalue weighted by Gasteiger charge is 2.37. The molecule has 4 aliphatic rings. The summed E-state index contributed by atoms with van der Waals surface area (Å²) in [4.78, 5) is 34.0. The van der Waals surface area contributed by atoms with Gasteiger partial charge in [0.25, 0.3) is 0 Å². The second-order valence-corrected chi connectivity index (χ2v) is 12.3. The highest BCUT2D eigenvalue weighted by molar-refractivity contribution is 6.33. The molecular formula is C31H39ClN8O. The molecule has 10 heteroatoms. The monoisotopic (exact) mass is 574 g/mol. The lowest BCUT2D eigenvalue weighted by atomic mass is 9.88. The van der Waals surface area contributed by atoms with E-state index in [1.807, 2.05) is 6.07 Å². The molecule has 1 aromatic carbocycles. The number of nitrogens with zero attached hydrogens (tertiary/aromatic N) is 8. The number of nitriles is 1. The largest absolute Gasteiger partial charge is 0.367 e. The Kier molecular flexibility index (Phi) is 7.80. The van der Waals surface area contributed by atoms with Crippen LogP contribution in [-0.4, -0.2) is 97.2 Å². The summed E-state index contributed by atoms with van der Waals surface area (Å²) in [6.07, 6.45) is 6.58. The zero-order valence-corrected chi connectivity index (χ0v) is 24.9. The van der Waals surface area contributed by atoms with Crippen LogP contribution in [0.2, 0.25) is 5.02 Å². The highest BCUT2D eigenvalue weighted by atomic mass is 35.5. The number of carbonyl (C=O) groups excluding carboxylic acids is 1. The molecule has 0 radical (unpaired) electrons. The van der Waals surface area contributed by atoms with E-state index in [0.29, 0.717) is 31.7 Å². The van der Waals surface area contributed by atoms with Crippen LogP contribution in [0.15, 0.2) is 30.9 Å². The fourth-order valence-corrected chi connectivity index (χ4v) is 7.22. The van der Waals surface area contributed by atoms with E-state index in [0.717, 1.165) is 74.2 Å². The molecule has 2 aromatic rings. The van der Waals surface area contributed by atoms with Gasteiger partial charge in [-0.1, -0.05) is 30.3 Å². The van der Waals surface area contributed by atoms with Crippen molar-refractivity contribution in [2.45, 2.75) is 56.7 Å². The van der Waals surface area contributed by atoms with Crippen molar-refractivity contribution in [3.05, 3.63) is 52.7 Å². The van der Waals surface area contributed by atoms with Gasteiger partial charge in [-0.25, -0.2) is 4.98 Å². The molecular weight excluding hydrogens is 536 g/mol. The summed E-state index contributed by atoms with van der Waals surface area (Å²) < 4.78 is 0. The highest BCUT2D eigenvalue weighted by Crippen LogP contribution is 2.40. The predicted octanol–water partition coefficient (Wildman–Crippen LogP) is 3.31. The smallest absolute Gasteiger partial charge is 0.246 e. The lowest BCUT2D eigenvalue weighted by Crippen LogP contribution is -2.58. The average Bonchev–Trinajstić information content (AvgIpc) is 2.95. The predicted molar refractivity (Wildman–Crippen MR) is 163 cm³/mol. The van der Waals surface area contributed by atoms with Crippen LogP contribution >= 0.6 is 11.6 Å². The molecule has 2 unspecified atom stereocenters. The fraction of sp³-hybridized carbons (Fsp3) is 0.548. The van der Waals surface area contributed by atoms with E-state index in [9.17, 15) is 10.1 Å². The molecule has 1 aliphatic carbocycles. The first-order valence-electron chi connectivity index (χ1n) is 14.8. The van der Waals surface area contributed by atoms with Crippen LogP contribution in [0.1, 0.15) is 36.1 Å². The third-order valence-electron chi connectivity index (χ3n) is 9.30. The summed E-state index contributed by atoms with van der Waals surface area (Å²) in [5, 5.41) is 10.4. The molecule has 41 heavy (non-hydrogen) atoms. The Hall–Kier alpha value is -3.35. The fourth-order valence-electron chi connectivity index (χ4n) is 6.92.